The molecular weight excluding hydrogens is 426 g/mol. The number of esters is 1. The molecule has 3 aromatic rings. The maximum atomic E-state index is 13.1. The summed E-state index contributed by atoms with van der Waals surface area (Å²) in [6.45, 7) is 0. The summed E-state index contributed by atoms with van der Waals surface area (Å²) in [4.78, 5) is 23.7. The maximum Gasteiger partial charge on any atom is 0.318 e. The van der Waals surface area contributed by atoms with E-state index in [0.29, 0.717) is 5.71 Å². The first-order valence-corrected chi connectivity index (χ1v) is 11.5. The molecule has 6 heteroatoms. The Morgan fingerprint density at radius 3 is 1.74 bits per heavy atom. The van der Waals surface area contributed by atoms with Gasteiger partial charge in [-0.25, -0.2) is 0 Å². The third-order valence-electron chi connectivity index (χ3n) is 7.01. The molecule has 5 rings (SSSR count). The standard InChI is InChI=1S/C28H29N3O3/c1-30-24(20-15-9-5-10-16-20)25(21-17-11-6-12-18-21)31(2)27(30)26-22(28(32)33-3)23(29-34-26)19-13-7-4-8-14-19/h4-18,22,24-27H,1-3H3/t22-,24+,25+,26-/m0/s1. The third kappa shape index (κ3) is 3.79. The Labute approximate surface area is 200 Å². The molecule has 4 atom stereocenters. The quantitative estimate of drug-likeness (QED) is 0.538. The Bertz CT molecular complexity index is 1100. The summed E-state index contributed by atoms with van der Waals surface area (Å²) in [6.07, 6.45) is -0.720. The second-order valence-electron chi connectivity index (χ2n) is 8.87. The smallest absolute Gasteiger partial charge is 0.318 e. The lowest BCUT2D eigenvalue weighted by Gasteiger charge is -2.32. The second kappa shape index (κ2) is 9.41. The first-order chi connectivity index (χ1) is 16.6. The molecule has 0 N–H and O–H groups in total. The average Bonchev–Trinajstić information content (AvgIpc) is 3.43. The van der Waals surface area contributed by atoms with Crippen LogP contribution in [0.15, 0.2) is 96.2 Å². The van der Waals surface area contributed by atoms with Crippen molar-refractivity contribution in [2.75, 3.05) is 21.2 Å². The Kier molecular flexibility index (Phi) is 6.18. The monoisotopic (exact) mass is 455 g/mol. The van der Waals surface area contributed by atoms with E-state index in [1.54, 1.807) is 0 Å². The molecule has 0 spiro atoms. The Hall–Kier alpha value is -3.48. The molecule has 0 aromatic heterocycles. The number of oxime groups is 1. The van der Waals surface area contributed by atoms with Gasteiger partial charge in [-0.2, -0.15) is 0 Å². The predicted octanol–water partition coefficient (Wildman–Crippen LogP) is 4.26. The van der Waals surface area contributed by atoms with Crippen LogP contribution in [0.25, 0.3) is 0 Å². The lowest BCUT2D eigenvalue weighted by atomic mass is 9.90. The van der Waals surface area contributed by atoms with Crippen LogP contribution >= 0.6 is 0 Å². The number of carbonyl (C=O) groups is 1. The van der Waals surface area contributed by atoms with Gasteiger partial charge in [0.15, 0.2) is 6.10 Å². The molecule has 0 unspecified atom stereocenters. The van der Waals surface area contributed by atoms with Crippen molar-refractivity contribution in [3.8, 4) is 0 Å². The molecule has 0 saturated carbocycles. The molecule has 0 aliphatic carbocycles. The first kappa shape index (κ1) is 22.3. The lowest BCUT2D eigenvalue weighted by molar-refractivity contribution is -0.149. The zero-order valence-corrected chi connectivity index (χ0v) is 19.6. The highest BCUT2D eigenvalue weighted by Crippen LogP contribution is 2.48. The van der Waals surface area contributed by atoms with Gasteiger partial charge >= 0.3 is 5.97 Å². The van der Waals surface area contributed by atoms with E-state index in [2.05, 4.69) is 77.6 Å². The van der Waals surface area contributed by atoms with E-state index >= 15 is 0 Å². The fraction of sp³-hybridized carbons (Fsp3) is 0.286. The van der Waals surface area contributed by atoms with Crippen LogP contribution in [0.1, 0.15) is 28.8 Å². The van der Waals surface area contributed by atoms with Crippen molar-refractivity contribution in [2.45, 2.75) is 24.4 Å². The van der Waals surface area contributed by atoms with Gasteiger partial charge in [-0.15, -0.1) is 0 Å². The number of ether oxygens (including phenoxy) is 1. The van der Waals surface area contributed by atoms with Crippen LogP contribution in [0.4, 0.5) is 0 Å². The Morgan fingerprint density at radius 1 is 0.794 bits per heavy atom. The summed E-state index contributed by atoms with van der Waals surface area (Å²) < 4.78 is 5.23. The van der Waals surface area contributed by atoms with E-state index in [1.165, 1.54) is 18.2 Å². The first-order valence-electron chi connectivity index (χ1n) is 11.5. The number of methoxy groups -OCH3 is 1. The normalized spacial score (nSPS) is 25.7. The van der Waals surface area contributed by atoms with Gasteiger partial charge < -0.3 is 9.57 Å². The number of rotatable bonds is 5. The lowest BCUT2D eigenvalue weighted by Crippen LogP contribution is -2.50. The Balaban J connectivity index is 1.56. The van der Waals surface area contributed by atoms with Gasteiger partial charge in [-0.05, 0) is 25.2 Å². The van der Waals surface area contributed by atoms with E-state index < -0.39 is 12.0 Å². The maximum absolute atomic E-state index is 13.1. The number of benzene rings is 3. The SMILES string of the molecule is COC(=O)[C@H]1C(c2ccccc2)=NO[C@@H]1C1N(C)[C@H](c2ccccc2)[C@@H](c2ccccc2)N1C. The predicted molar refractivity (Wildman–Crippen MR) is 131 cm³/mol. The molecule has 34 heavy (non-hydrogen) atoms. The summed E-state index contributed by atoms with van der Waals surface area (Å²) in [7, 11) is 5.61. The van der Waals surface area contributed by atoms with Gasteiger partial charge in [0.25, 0.3) is 0 Å². The molecule has 1 fully saturated rings. The van der Waals surface area contributed by atoms with Crippen LogP contribution in [-0.2, 0) is 14.4 Å². The van der Waals surface area contributed by atoms with E-state index in [1.807, 2.05) is 42.5 Å². The zero-order valence-electron chi connectivity index (χ0n) is 19.6. The highest BCUT2D eigenvalue weighted by Gasteiger charge is 2.55. The number of hydrogen-bond donors (Lipinski definition) is 0. The van der Waals surface area contributed by atoms with Gasteiger partial charge in [0, 0.05) is 5.56 Å². The topological polar surface area (TPSA) is 54.4 Å². The van der Waals surface area contributed by atoms with Gasteiger partial charge in [0.2, 0.25) is 0 Å². The van der Waals surface area contributed by atoms with E-state index in [0.717, 1.165) is 5.56 Å². The van der Waals surface area contributed by atoms with Crippen molar-refractivity contribution in [1.29, 1.82) is 0 Å². The van der Waals surface area contributed by atoms with Crippen molar-refractivity contribution < 1.29 is 14.4 Å². The fourth-order valence-electron chi connectivity index (χ4n) is 5.49. The molecule has 2 heterocycles. The van der Waals surface area contributed by atoms with Crippen LogP contribution in [-0.4, -0.2) is 55.0 Å². The molecule has 1 saturated heterocycles. The van der Waals surface area contributed by atoms with Crippen molar-refractivity contribution in [2.24, 2.45) is 11.1 Å². The largest absolute Gasteiger partial charge is 0.468 e. The third-order valence-corrected chi connectivity index (χ3v) is 7.01. The summed E-state index contributed by atoms with van der Waals surface area (Å²) in [5.74, 6) is -0.973. The van der Waals surface area contributed by atoms with Gasteiger partial charge in [0.1, 0.15) is 17.8 Å². The number of likely N-dealkylation sites (N-methyl/N-ethyl adjacent to an activating group) is 2. The van der Waals surface area contributed by atoms with Gasteiger partial charge in [-0.3, -0.25) is 14.6 Å². The van der Waals surface area contributed by atoms with Gasteiger partial charge in [0.05, 0.1) is 19.2 Å². The summed E-state index contributed by atoms with van der Waals surface area (Å²) in [6, 6.07) is 30.8. The number of carbonyl (C=O) groups excluding carboxylic acids is 1. The second-order valence-corrected chi connectivity index (χ2v) is 8.87. The minimum atomic E-state index is -0.631. The van der Waals surface area contributed by atoms with E-state index in [9.17, 15) is 4.79 Å². The highest BCUT2D eigenvalue weighted by molar-refractivity contribution is 6.12. The van der Waals surface area contributed by atoms with Crippen molar-refractivity contribution in [1.82, 2.24) is 9.80 Å². The molecule has 0 bridgehead atoms. The molecule has 2 aliphatic heterocycles. The number of nitrogens with zero attached hydrogens (tertiary/aromatic N) is 3. The minimum Gasteiger partial charge on any atom is -0.468 e. The Morgan fingerprint density at radius 2 is 1.26 bits per heavy atom. The highest BCUT2D eigenvalue weighted by atomic mass is 16.6. The molecule has 0 amide bonds. The molecular formula is C28H29N3O3. The molecule has 6 nitrogen and oxygen atoms in total. The summed E-state index contributed by atoms with van der Waals surface area (Å²) in [5, 5.41) is 4.41. The van der Waals surface area contributed by atoms with Crippen LogP contribution in [0.2, 0.25) is 0 Å². The summed E-state index contributed by atoms with van der Waals surface area (Å²) >= 11 is 0. The van der Waals surface area contributed by atoms with Crippen LogP contribution in [0, 0.1) is 5.92 Å². The van der Waals surface area contributed by atoms with Crippen LogP contribution in [0.5, 0.6) is 0 Å². The van der Waals surface area contributed by atoms with E-state index in [-0.39, 0.29) is 24.2 Å². The molecule has 174 valence electrons. The zero-order chi connectivity index (χ0) is 23.7. The molecule has 3 aromatic carbocycles. The minimum absolute atomic E-state index is 0.0706. The average molecular weight is 456 g/mol. The molecule has 2 aliphatic rings. The summed E-state index contributed by atoms with van der Waals surface area (Å²) in [5.41, 5.74) is 3.90. The fourth-order valence-corrected chi connectivity index (χ4v) is 5.49. The van der Waals surface area contributed by atoms with Crippen LogP contribution < -0.4 is 0 Å². The van der Waals surface area contributed by atoms with E-state index in [4.69, 9.17) is 9.57 Å². The number of hydrogen-bond acceptors (Lipinski definition) is 6. The van der Waals surface area contributed by atoms with Crippen molar-refractivity contribution >= 4 is 11.7 Å². The van der Waals surface area contributed by atoms with Crippen molar-refractivity contribution in [3.63, 3.8) is 0 Å². The van der Waals surface area contributed by atoms with Gasteiger partial charge in [-0.1, -0.05) is 96.2 Å². The molecule has 0 radical (unpaired) electrons. The van der Waals surface area contributed by atoms with Crippen LogP contribution in [0.3, 0.4) is 0 Å². The van der Waals surface area contributed by atoms with Crippen molar-refractivity contribution in [3.05, 3.63) is 108 Å².